The number of nitrogens with zero attached hydrogens (tertiary/aromatic N) is 2. The zero-order chi connectivity index (χ0) is 23.9. The number of carbonyl (C=O) groups is 3. The predicted octanol–water partition coefficient (Wildman–Crippen LogP) is 3.63. The lowest BCUT2D eigenvalue weighted by atomic mass is 9.84. The van der Waals surface area contributed by atoms with Gasteiger partial charge in [-0.25, -0.2) is 4.79 Å². The van der Waals surface area contributed by atoms with E-state index >= 15 is 0 Å². The van der Waals surface area contributed by atoms with Crippen molar-refractivity contribution in [3.8, 4) is 0 Å². The van der Waals surface area contributed by atoms with Gasteiger partial charge in [-0.15, -0.1) is 0 Å². The normalized spacial score (nSPS) is 19.6. The summed E-state index contributed by atoms with van der Waals surface area (Å²) in [7, 11) is 3.70. The van der Waals surface area contributed by atoms with E-state index in [-0.39, 0.29) is 43.2 Å². The van der Waals surface area contributed by atoms with Gasteiger partial charge in [0.15, 0.2) is 0 Å². The molecule has 0 aromatic heterocycles. The van der Waals surface area contributed by atoms with E-state index in [2.05, 4.69) is 10.2 Å². The van der Waals surface area contributed by atoms with E-state index < -0.39 is 11.5 Å². The molecule has 186 valence electrons. The van der Waals surface area contributed by atoms with E-state index in [1.807, 2.05) is 41.7 Å². The molecule has 0 aromatic rings. The van der Waals surface area contributed by atoms with Crippen LogP contribution in [0.1, 0.15) is 75.2 Å². The Bertz CT molecular complexity index is 667. The molecule has 3 atom stereocenters. The Morgan fingerprint density at radius 3 is 2.28 bits per heavy atom. The molecule has 1 fully saturated rings. The summed E-state index contributed by atoms with van der Waals surface area (Å²) in [5.74, 6) is -0.553. The van der Waals surface area contributed by atoms with E-state index in [0.29, 0.717) is 12.2 Å². The number of rotatable bonds is 8. The minimum absolute atomic E-state index is 0. The highest BCUT2D eigenvalue weighted by Gasteiger charge is 2.39. The van der Waals surface area contributed by atoms with E-state index in [9.17, 15) is 14.4 Å². The fraction of sp³-hybridized carbons (Fsp3) is 0.800. The van der Waals surface area contributed by atoms with Crippen molar-refractivity contribution in [3.05, 3.63) is 11.6 Å². The number of piperidine rings is 1. The molecule has 1 N–H and O–H groups in total. The molecule has 0 saturated carbocycles. The fourth-order valence-corrected chi connectivity index (χ4v) is 3.96. The molecule has 0 aromatic carbocycles. The second-order valence-electron chi connectivity index (χ2n) is 10.1. The molecule has 1 aliphatic rings. The predicted molar refractivity (Wildman–Crippen MR) is 130 cm³/mol. The van der Waals surface area contributed by atoms with E-state index in [4.69, 9.17) is 4.74 Å². The SMILES string of the molecule is C.CCOC(=O)/C(C)=C/[C@H](C(C)C)N(C)C(=O)C(NC(=O)[C@H]1CCCCN1C)C(C)(C)C. The molecular weight excluding hydrogens is 406 g/mol. The Labute approximate surface area is 195 Å². The summed E-state index contributed by atoms with van der Waals surface area (Å²) in [6.45, 7) is 14.5. The summed E-state index contributed by atoms with van der Waals surface area (Å²) in [4.78, 5) is 42.4. The summed E-state index contributed by atoms with van der Waals surface area (Å²) < 4.78 is 5.08. The molecule has 0 aliphatic carbocycles. The summed E-state index contributed by atoms with van der Waals surface area (Å²) in [6.07, 6.45) is 4.70. The van der Waals surface area contributed by atoms with Gasteiger partial charge in [0, 0.05) is 12.6 Å². The topological polar surface area (TPSA) is 79.0 Å². The quantitative estimate of drug-likeness (QED) is 0.448. The van der Waals surface area contributed by atoms with Crippen molar-refractivity contribution in [2.24, 2.45) is 11.3 Å². The van der Waals surface area contributed by atoms with Crippen LogP contribution in [-0.4, -0.2) is 73.0 Å². The smallest absolute Gasteiger partial charge is 0.333 e. The number of esters is 1. The molecule has 1 unspecified atom stereocenters. The van der Waals surface area contributed by atoms with Crippen molar-refractivity contribution in [3.63, 3.8) is 0 Å². The van der Waals surface area contributed by atoms with Crippen LogP contribution in [0.25, 0.3) is 0 Å². The van der Waals surface area contributed by atoms with Gasteiger partial charge in [0.1, 0.15) is 6.04 Å². The molecule has 0 spiro atoms. The van der Waals surface area contributed by atoms with E-state index in [1.54, 1.807) is 31.9 Å². The Morgan fingerprint density at radius 2 is 1.81 bits per heavy atom. The molecule has 1 heterocycles. The zero-order valence-corrected chi connectivity index (χ0v) is 20.9. The average Bonchev–Trinajstić information content (AvgIpc) is 2.68. The molecule has 7 heteroatoms. The maximum absolute atomic E-state index is 13.6. The highest BCUT2D eigenvalue weighted by Crippen LogP contribution is 2.25. The van der Waals surface area contributed by atoms with Gasteiger partial charge in [-0.2, -0.15) is 0 Å². The van der Waals surface area contributed by atoms with Crippen LogP contribution in [0.3, 0.4) is 0 Å². The second kappa shape index (κ2) is 13.0. The van der Waals surface area contributed by atoms with Crippen LogP contribution >= 0.6 is 0 Å². The van der Waals surface area contributed by atoms with Crippen molar-refractivity contribution in [1.82, 2.24) is 15.1 Å². The highest BCUT2D eigenvalue weighted by molar-refractivity contribution is 5.91. The minimum atomic E-state index is -0.669. The molecular formula is C25H47N3O4. The van der Waals surface area contributed by atoms with Gasteiger partial charge in [-0.1, -0.05) is 54.5 Å². The third kappa shape index (κ3) is 8.23. The lowest BCUT2D eigenvalue weighted by molar-refractivity contribution is -0.141. The Morgan fingerprint density at radius 1 is 1.22 bits per heavy atom. The third-order valence-corrected chi connectivity index (χ3v) is 5.97. The summed E-state index contributed by atoms with van der Waals surface area (Å²) in [5, 5.41) is 3.04. The number of ether oxygens (including phenoxy) is 1. The number of likely N-dealkylation sites (N-methyl/N-ethyl adjacent to an activating group) is 2. The lowest BCUT2D eigenvalue weighted by Gasteiger charge is -2.39. The number of amides is 2. The summed E-state index contributed by atoms with van der Waals surface area (Å²) >= 11 is 0. The van der Waals surface area contributed by atoms with Gasteiger partial charge in [0.2, 0.25) is 11.8 Å². The van der Waals surface area contributed by atoms with E-state index in [1.165, 1.54) is 0 Å². The first-order chi connectivity index (χ1) is 14.3. The van der Waals surface area contributed by atoms with Crippen LogP contribution in [0.4, 0.5) is 0 Å². The zero-order valence-electron chi connectivity index (χ0n) is 20.9. The van der Waals surface area contributed by atoms with Crippen LogP contribution in [0.15, 0.2) is 11.6 Å². The molecule has 1 saturated heterocycles. The van der Waals surface area contributed by atoms with Gasteiger partial charge < -0.3 is 15.0 Å². The van der Waals surface area contributed by atoms with Gasteiger partial charge in [-0.3, -0.25) is 14.5 Å². The number of hydrogen-bond acceptors (Lipinski definition) is 5. The van der Waals surface area contributed by atoms with Crippen LogP contribution in [0.5, 0.6) is 0 Å². The fourth-order valence-electron chi connectivity index (χ4n) is 3.96. The number of hydrogen-bond donors (Lipinski definition) is 1. The number of nitrogens with one attached hydrogen (secondary N) is 1. The molecule has 0 radical (unpaired) electrons. The Hall–Kier alpha value is -1.89. The molecule has 7 nitrogen and oxygen atoms in total. The second-order valence-corrected chi connectivity index (χ2v) is 10.1. The van der Waals surface area contributed by atoms with E-state index in [0.717, 1.165) is 25.8 Å². The maximum atomic E-state index is 13.6. The van der Waals surface area contributed by atoms with Gasteiger partial charge in [0.05, 0.1) is 18.7 Å². The van der Waals surface area contributed by atoms with Crippen molar-refractivity contribution < 1.29 is 19.1 Å². The van der Waals surface area contributed by atoms with Crippen molar-refractivity contribution >= 4 is 17.8 Å². The first kappa shape index (κ1) is 30.1. The summed E-state index contributed by atoms with van der Waals surface area (Å²) in [5.41, 5.74) is 0.00994. The summed E-state index contributed by atoms with van der Waals surface area (Å²) in [6, 6.07) is -1.17. The van der Waals surface area contributed by atoms with Gasteiger partial charge >= 0.3 is 5.97 Å². The third-order valence-electron chi connectivity index (χ3n) is 5.97. The van der Waals surface area contributed by atoms with Crippen molar-refractivity contribution in [2.75, 3.05) is 27.2 Å². The average molecular weight is 454 g/mol. The molecule has 32 heavy (non-hydrogen) atoms. The molecule has 1 aliphatic heterocycles. The molecule has 0 bridgehead atoms. The first-order valence-electron chi connectivity index (χ1n) is 11.4. The van der Waals surface area contributed by atoms with Crippen LogP contribution in [0.2, 0.25) is 0 Å². The van der Waals surface area contributed by atoms with Crippen LogP contribution < -0.4 is 5.32 Å². The maximum Gasteiger partial charge on any atom is 0.333 e. The first-order valence-corrected chi connectivity index (χ1v) is 11.4. The largest absolute Gasteiger partial charge is 0.463 e. The lowest BCUT2D eigenvalue weighted by Crippen LogP contribution is -2.59. The van der Waals surface area contributed by atoms with Gasteiger partial charge in [-0.05, 0) is 51.6 Å². The van der Waals surface area contributed by atoms with Crippen molar-refractivity contribution in [2.45, 2.75) is 93.3 Å². The Balaban J connectivity index is 0.00000961. The van der Waals surface area contributed by atoms with Crippen molar-refractivity contribution in [1.29, 1.82) is 0 Å². The highest BCUT2D eigenvalue weighted by atomic mass is 16.5. The van der Waals surface area contributed by atoms with Crippen LogP contribution in [0, 0.1) is 11.3 Å². The molecule has 2 amide bonds. The monoisotopic (exact) mass is 453 g/mol. The minimum Gasteiger partial charge on any atom is -0.463 e. The standard InChI is InChI=1S/C24H43N3O4.CH4/c1-10-31-23(30)17(4)15-19(16(2)3)27(9)22(29)20(24(5,6)7)25-21(28)18-13-11-12-14-26(18)8;/h15-16,18-20H,10-14H2,1-9H3,(H,25,28);1H4/b17-15+;/t18-,19-,20?;/m1./s1. The Kier molecular flexibility index (Phi) is 12.2. The number of carbonyl (C=O) groups excluding carboxylic acids is 3. The molecule has 1 rings (SSSR count). The number of likely N-dealkylation sites (tertiary alicyclic amines) is 1. The van der Waals surface area contributed by atoms with Gasteiger partial charge in [0.25, 0.3) is 0 Å². The van der Waals surface area contributed by atoms with Crippen LogP contribution in [-0.2, 0) is 19.1 Å².